The molecule has 44 heavy (non-hydrogen) atoms. The lowest BCUT2D eigenvalue weighted by Crippen LogP contribution is -2.40. The highest BCUT2D eigenvalue weighted by atomic mass is 19.1. The summed E-state index contributed by atoms with van der Waals surface area (Å²) in [6.07, 6.45) is 2.17. The number of rotatable bonds is 6. The van der Waals surface area contributed by atoms with Gasteiger partial charge in [0.1, 0.15) is 0 Å². The minimum Gasteiger partial charge on any atom is -0.393 e. The van der Waals surface area contributed by atoms with Gasteiger partial charge in [0, 0.05) is 48.7 Å². The minimum atomic E-state index is -0.683. The zero-order valence-corrected chi connectivity index (χ0v) is 25.2. The fraction of sp³-hybridized carbons (Fsp3) is 0.294. The smallest absolute Gasteiger partial charge is 0.293 e. The van der Waals surface area contributed by atoms with Crippen LogP contribution in [0, 0.1) is 5.82 Å². The van der Waals surface area contributed by atoms with E-state index in [1.165, 1.54) is 22.9 Å². The number of halogens is 1. The van der Waals surface area contributed by atoms with E-state index >= 15 is 4.39 Å². The van der Waals surface area contributed by atoms with Gasteiger partial charge in [-0.05, 0) is 72.4 Å². The lowest BCUT2D eigenvalue weighted by Gasteiger charge is -2.29. The number of anilines is 3. The Hall–Kier alpha value is -4.83. The number of nitrogens with one attached hydrogen (secondary N) is 2. The molecule has 0 radical (unpaired) electrons. The maximum absolute atomic E-state index is 15.7. The topological polar surface area (TPSA) is 117 Å². The highest BCUT2D eigenvalue weighted by molar-refractivity contribution is 6.04. The molecule has 0 atom stereocenters. The third-order valence-electron chi connectivity index (χ3n) is 7.75. The fourth-order valence-corrected chi connectivity index (χ4v) is 5.04. The summed E-state index contributed by atoms with van der Waals surface area (Å²) >= 11 is 0. The first kappa shape index (κ1) is 30.6. The van der Waals surface area contributed by atoms with Crippen molar-refractivity contribution in [2.45, 2.75) is 45.1 Å². The highest BCUT2D eigenvalue weighted by Gasteiger charge is 2.23. The number of aromatic nitrogens is 2. The number of aryl methyl sites for hydroxylation is 1. The summed E-state index contributed by atoms with van der Waals surface area (Å²) in [5.74, 6) is -1.28. The number of piperidine rings is 1. The molecule has 228 valence electrons. The first-order valence-electron chi connectivity index (χ1n) is 14.5. The van der Waals surface area contributed by atoms with Crippen LogP contribution in [0.1, 0.15) is 59.9 Å². The van der Waals surface area contributed by atoms with Crippen molar-refractivity contribution in [2.24, 2.45) is 7.05 Å². The molecule has 0 aliphatic carbocycles. The third kappa shape index (κ3) is 6.70. The first-order chi connectivity index (χ1) is 20.9. The number of nitrogens with zero attached hydrogens (tertiary/aromatic N) is 3. The van der Waals surface area contributed by atoms with Crippen molar-refractivity contribution in [3.63, 3.8) is 0 Å². The van der Waals surface area contributed by atoms with Crippen LogP contribution in [-0.4, -0.2) is 50.6 Å². The molecule has 0 bridgehead atoms. The number of hydrogen-bond donors (Lipinski definition) is 3. The molecule has 0 spiro atoms. The molecule has 3 N–H and O–H groups in total. The molecule has 0 unspecified atom stereocenters. The number of hydrogen-bond acceptors (Lipinski definition) is 6. The van der Waals surface area contributed by atoms with E-state index in [1.807, 2.05) is 12.1 Å². The second kappa shape index (κ2) is 12.4. The van der Waals surface area contributed by atoms with E-state index in [0.717, 1.165) is 5.56 Å². The average Bonchev–Trinajstić information content (AvgIpc) is 3.00. The lowest BCUT2D eigenvalue weighted by atomic mass is 9.87. The second-order valence-corrected chi connectivity index (χ2v) is 12.1. The van der Waals surface area contributed by atoms with E-state index in [-0.39, 0.29) is 40.2 Å². The van der Waals surface area contributed by atoms with Crippen LogP contribution in [0.5, 0.6) is 0 Å². The summed E-state index contributed by atoms with van der Waals surface area (Å²) in [4.78, 5) is 44.8. The molecule has 1 aliphatic heterocycles. The Morgan fingerprint density at radius 3 is 2.23 bits per heavy atom. The molecule has 2 amide bonds. The molecule has 0 saturated carbocycles. The average molecular weight is 598 g/mol. The van der Waals surface area contributed by atoms with Crippen molar-refractivity contribution >= 4 is 29.0 Å². The van der Waals surface area contributed by atoms with Crippen molar-refractivity contribution in [3.05, 3.63) is 106 Å². The third-order valence-corrected chi connectivity index (χ3v) is 7.75. The number of benzene rings is 3. The molecule has 1 saturated heterocycles. The van der Waals surface area contributed by atoms with Gasteiger partial charge >= 0.3 is 0 Å². The van der Waals surface area contributed by atoms with E-state index < -0.39 is 17.3 Å². The monoisotopic (exact) mass is 597 g/mol. The van der Waals surface area contributed by atoms with Gasteiger partial charge in [0.05, 0.1) is 17.5 Å². The van der Waals surface area contributed by atoms with Crippen LogP contribution < -0.4 is 16.2 Å². The Bertz CT molecular complexity index is 1740. The molecule has 5 rings (SSSR count). The summed E-state index contributed by atoms with van der Waals surface area (Å²) in [7, 11) is 1.54. The highest BCUT2D eigenvalue weighted by Crippen LogP contribution is 2.28. The van der Waals surface area contributed by atoms with Crippen molar-refractivity contribution < 1.29 is 19.1 Å². The Morgan fingerprint density at radius 2 is 1.59 bits per heavy atom. The Morgan fingerprint density at radius 1 is 0.955 bits per heavy atom. The van der Waals surface area contributed by atoms with Gasteiger partial charge in [-0.15, -0.1) is 0 Å². The van der Waals surface area contributed by atoms with Crippen LogP contribution in [0.25, 0.3) is 11.3 Å². The maximum atomic E-state index is 15.7. The summed E-state index contributed by atoms with van der Waals surface area (Å²) < 4.78 is 17.0. The zero-order chi connectivity index (χ0) is 31.6. The van der Waals surface area contributed by atoms with Gasteiger partial charge < -0.3 is 25.2 Å². The second-order valence-electron chi connectivity index (χ2n) is 12.1. The van der Waals surface area contributed by atoms with Crippen LogP contribution >= 0.6 is 0 Å². The number of carbonyl (C=O) groups excluding carboxylic acids is 2. The normalized spacial score (nSPS) is 13.9. The van der Waals surface area contributed by atoms with Crippen molar-refractivity contribution in [3.8, 4) is 11.3 Å². The molecule has 4 aromatic rings. The van der Waals surface area contributed by atoms with Gasteiger partial charge in [0.15, 0.2) is 11.6 Å². The Kier molecular flexibility index (Phi) is 8.64. The van der Waals surface area contributed by atoms with E-state index in [4.69, 9.17) is 0 Å². The molecule has 3 aromatic carbocycles. The van der Waals surface area contributed by atoms with Gasteiger partial charge in [0.2, 0.25) is 0 Å². The number of amides is 2. The van der Waals surface area contributed by atoms with Crippen LogP contribution in [0.4, 0.5) is 21.6 Å². The minimum absolute atomic E-state index is 0.0129. The van der Waals surface area contributed by atoms with Crippen LogP contribution in [0.2, 0.25) is 0 Å². The van der Waals surface area contributed by atoms with Crippen molar-refractivity contribution in [1.82, 2.24) is 14.5 Å². The summed E-state index contributed by atoms with van der Waals surface area (Å²) in [5.41, 5.74) is 2.30. The number of aliphatic hydroxyl groups is 1. The van der Waals surface area contributed by atoms with Crippen molar-refractivity contribution in [2.75, 3.05) is 23.7 Å². The van der Waals surface area contributed by atoms with E-state index in [0.29, 0.717) is 42.7 Å². The molecule has 2 heterocycles. The van der Waals surface area contributed by atoms with Crippen LogP contribution in [-0.2, 0) is 12.5 Å². The SMILES string of the molecule is Cn1cc(-c2cccc(NC(=O)c3ccc(C(C)(C)C)cc3)c2F)nc(Nc2ccc(C(=O)N3CCC(O)CC3)cc2)c1=O. The van der Waals surface area contributed by atoms with Gasteiger partial charge in [-0.3, -0.25) is 14.4 Å². The molecular formula is C34H36FN5O4. The Balaban J connectivity index is 1.34. The molecule has 1 fully saturated rings. The zero-order valence-electron chi connectivity index (χ0n) is 25.2. The summed E-state index contributed by atoms with van der Waals surface area (Å²) in [5, 5.41) is 15.3. The summed E-state index contributed by atoms with van der Waals surface area (Å²) in [6, 6.07) is 18.5. The molecular weight excluding hydrogens is 561 g/mol. The number of carbonyl (C=O) groups is 2. The molecule has 9 nitrogen and oxygen atoms in total. The lowest BCUT2D eigenvalue weighted by molar-refractivity contribution is 0.0546. The van der Waals surface area contributed by atoms with E-state index in [9.17, 15) is 19.5 Å². The largest absolute Gasteiger partial charge is 0.393 e. The van der Waals surface area contributed by atoms with E-state index in [1.54, 1.807) is 54.4 Å². The fourth-order valence-electron chi connectivity index (χ4n) is 5.04. The predicted molar refractivity (Wildman–Crippen MR) is 169 cm³/mol. The van der Waals surface area contributed by atoms with Crippen LogP contribution in [0.15, 0.2) is 77.7 Å². The van der Waals surface area contributed by atoms with Gasteiger partial charge in [-0.2, -0.15) is 0 Å². The molecule has 10 heteroatoms. The maximum Gasteiger partial charge on any atom is 0.293 e. The van der Waals surface area contributed by atoms with Gasteiger partial charge in [0.25, 0.3) is 17.4 Å². The number of likely N-dealkylation sites (tertiary alicyclic amines) is 1. The van der Waals surface area contributed by atoms with Gasteiger partial charge in [-0.1, -0.05) is 39.0 Å². The number of aliphatic hydroxyl groups excluding tert-OH is 1. The first-order valence-corrected chi connectivity index (χ1v) is 14.5. The quantitative estimate of drug-likeness (QED) is 0.271. The van der Waals surface area contributed by atoms with Crippen LogP contribution in [0.3, 0.4) is 0 Å². The van der Waals surface area contributed by atoms with Crippen molar-refractivity contribution in [1.29, 1.82) is 0 Å². The summed E-state index contributed by atoms with van der Waals surface area (Å²) in [6.45, 7) is 7.25. The van der Waals surface area contributed by atoms with E-state index in [2.05, 4.69) is 36.4 Å². The predicted octanol–water partition coefficient (Wildman–Crippen LogP) is 5.48. The Labute approximate surface area is 255 Å². The van der Waals surface area contributed by atoms with Gasteiger partial charge in [-0.25, -0.2) is 9.37 Å². The molecule has 1 aliphatic rings. The standard InChI is InChI=1S/C34H36FN5O4/c1-34(2,3)23-12-8-21(9-13-23)31(42)38-27-7-5-6-26(29(27)35)28-20-39(4)33(44)30(37-28)36-24-14-10-22(11-15-24)32(43)40-18-16-25(41)17-19-40/h5-15,20,25,41H,16-19H2,1-4H3,(H,36,37)(H,38,42). The molecule has 1 aromatic heterocycles.